The van der Waals surface area contributed by atoms with Crippen molar-refractivity contribution in [3.05, 3.63) is 34.3 Å². The Kier molecular flexibility index (Phi) is 4.83. The number of alkyl halides is 3. The molecule has 0 aliphatic carbocycles. The normalized spacial score (nSPS) is 13.8. The van der Waals surface area contributed by atoms with Gasteiger partial charge in [0.15, 0.2) is 0 Å². The molecule has 2 N–H and O–H groups in total. The van der Waals surface area contributed by atoms with Crippen molar-refractivity contribution in [2.24, 2.45) is 5.73 Å². The summed E-state index contributed by atoms with van der Waals surface area (Å²) < 4.78 is 37.9. The molecule has 0 heterocycles. The highest BCUT2D eigenvalue weighted by molar-refractivity contribution is 6.32. The SMILES string of the molecule is CCCC[C@@H](N)c1cccc(C(F)(F)F)c1Cl. The van der Waals surface area contributed by atoms with Crippen LogP contribution in [0.2, 0.25) is 5.02 Å². The minimum atomic E-state index is -4.43. The number of halogens is 4. The topological polar surface area (TPSA) is 26.0 Å². The van der Waals surface area contributed by atoms with Crippen LogP contribution in [0.5, 0.6) is 0 Å². The standard InChI is InChI=1S/C12H15ClF3N/c1-2-3-7-10(17)8-5-4-6-9(11(8)13)12(14,15)16/h4-6,10H,2-3,7,17H2,1H3/t10-/m1/s1. The molecule has 0 unspecified atom stereocenters. The van der Waals surface area contributed by atoms with Gasteiger partial charge in [0.05, 0.1) is 10.6 Å². The van der Waals surface area contributed by atoms with E-state index >= 15 is 0 Å². The van der Waals surface area contributed by atoms with E-state index in [1.54, 1.807) is 6.07 Å². The molecule has 96 valence electrons. The Balaban J connectivity index is 3.02. The van der Waals surface area contributed by atoms with E-state index in [4.69, 9.17) is 17.3 Å². The highest BCUT2D eigenvalue weighted by Crippen LogP contribution is 2.38. The zero-order chi connectivity index (χ0) is 13.1. The summed E-state index contributed by atoms with van der Waals surface area (Å²) in [7, 11) is 0. The van der Waals surface area contributed by atoms with Crippen molar-refractivity contribution in [2.45, 2.75) is 38.4 Å². The Labute approximate surface area is 104 Å². The second-order valence-electron chi connectivity index (χ2n) is 3.96. The summed E-state index contributed by atoms with van der Waals surface area (Å²) in [5, 5.41) is -0.274. The lowest BCUT2D eigenvalue weighted by atomic mass is 9.99. The lowest BCUT2D eigenvalue weighted by molar-refractivity contribution is -0.137. The summed E-state index contributed by atoms with van der Waals surface area (Å²) in [5.41, 5.74) is 5.40. The summed E-state index contributed by atoms with van der Waals surface area (Å²) in [5.74, 6) is 0. The minimum Gasteiger partial charge on any atom is -0.324 e. The number of hydrogen-bond acceptors (Lipinski definition) is 1. The molecule has 0 fully saturated rings. The lowest BCUT2D eigenvalue weighted by Crippen LogP contribution is -2.14. The van der Waals surface area contributed by atoms with Gasteiger partial charge in [-0.1, -0.05) is 43.5 Å². The average molecular weight is 266 g/mol. The molecule has 1 atom stereocenters. The van der Waals surface area contributed by atoms with E-state index in [0.717, 1.165) is 18.9 Å². The van der Waals surface area contributed by atoms with Gasteiger partial charge in [0, 0.05) is 6.04 Å². The van der Waals surface area contributed by atoms with Crippen LogP contribution in [0.3, 0.4) is 0 Å². The smallest absolute Gasteiger partial charge is 0.324 e. The maximum atomic E-state index is 12.6. The maximum absolute atomic E-state index is 12.6. The summed E-state index contributed by atoms with van der Waals surface area (Å²) in [6, 6.07) is 3.43. The molecular weight excluding hydrogens is 251 g/mol. The molecule has 1 nitrogen and oxygen atoms in total. The molecule has 1 aromatic carbocycles. The molecule has 0 saturated carbocycles. The third-order valence-electron chi connectivity index (χ3n) is 2.60. The van der Waals surface area contributed by atoms with Crippen LogP contribution in [-0.4, -0.2) is 0 Å². The van der Waals surface area contributed by atoms with Crippen molar-refractivity contribution >= 4 is 11.6 Å². The van der Waals surface area contributed by atoms with Crippen molar-refractivity contribution in [3.63, 3.8) is 0 Å². The van der Waals surface area contributed by atoms with Gasteiger partial charge in [0.2, 0.25) is 0 Å². The van der Waals surface area contributed by atoms with E-state index in [9.17, 15) is 13.2 Å². The van der Waals surface area contributed by atoms with Crippen LogP contribution in [-0.2, 0) is 6.18 Å². The fourth-order valence-electron chi connectivity index (χ4n) is 1.63. The van der Waals surface area contributed by atoms with E-state index in [0.29, 0.717) is 12.0 Å². The van der Waals surface area contributed by atoms with Crippen LogP contribution < -0.4 is 5.73 Å². The van der Waals surface area contributed by atoms with Gasteiger partial charge in [-0.25, -0.2) is 0 Å². The van der Waals surface area contributed by atoms with Gasteiger partial charge in [-0.15, -0.1) is 0 Å². The monoisotopic (exact) mass is 265 g/mol. The van der Waals surface area contributed by atoms with Crippen LogP contribution in [0.1, 0.15) is 43.4 Å². The van der Waals surface area contributed by atoms with E-state index in [1.807, 2.05) is 6.92 Å². The number of benzene rings is 1. The van der Waals surface area contributed by atoms with E-state index < -0.39 is 17.8 Å². The molecule has 17 heavy (non-hydrogen) atoms. The van der Waals surface area contributed by atoms with Crippen LogP contribution >= 0.6 is 11.6 Å². The largest absolute Gasteiger partial charge is 0.417 e. The first-order chi connectivity index (χ1) is 7.88. The zero-order valence-electron chi connectivity index (χ0n) is 9.52. The Morgan fingerprint density at radius 2 is 2.00 bits per heavy atom. The number of rotatable bonds is 4. The second kappa shape index (κ2) is 5.74. The second-order valence-corrected chi connectivity index (χ2v) is 4.33. The van der Waals surface area contributed by atoms with Gasteiger partial charge in [-0.3, -0.25) is 0 Å². The molecule has 0 saturated heterocycles. The van der Waals surface area contributed by atoms with Crippen molar-refractivity contribution in [1.29, 1.82) is 0 Å². The molecule has 0 amide bonds. The predicted molar refractivity (Wildman–Crippen MR) is 62.9 cm³/mol. The van der Waals surface area contributed by atoms with Crippen molar-refractivity contribution in [1.82, 2.24) is 0 Å². The van der Waals surface area contributed by atoms with Crippen molar-refractivity contribution in [2.75, 3.05) is 0 Å². The molecule has 0 spiro atoms. The van der Waals surface area contributed by atoms with E-state index in [1.165, 1.54) is 6.07 Å². The minimum absolute atomic E-state index is 0.274. The fourth-order valence-corrected chi connectivity index (χ4v) is 2.01. The number of nitrogens with two attached hydrogens (primary N) is 1. The molecule has 0 aliphatic heterocycles. The van der Waals surface area contributed by atoms with Crippen molar-refractivity contribution in [3.8, 4) is 0 Å². The molecule has 0 aliphatic rings. The number of unbranched alkanes of at least 4 members (excludes halogenated alkanes) is 1. The quantitative estimate of drug-likeness (QED) is 0.849. The molecule has 1 aromatic rings. The molecule has 0 radical (unpaired) electrons. The Bertz CT molecular complexity index is 377. The average Bonchev–Trinajstić information content (AvgIpc) is 2.24. The van der Waals surface area contributed by atoms with Crippen LogP contribution in [0.25, 0.3) is 0 Å². The van der Waals surface area contributed by atoms with E-state index in [-0.39, 0.29) is 5.02 Å². The van der Waals surface area contributed by atoms with Crippen LogP contribution in [0, 0.1) is 0 Å². The van der Waals surface area contributed by atoms with Crippen LogP contribution in [0.4, 0.5) is 13.2 Å². The third-order valence-corrected chi connectivity index (χ3v) is 3.02. The maximum Gasteiger partial charge on any atom is 0.417 e. The number of hydrogen-bond donors (Lipinski definition) is 1. The zero-order valence-corrected chi connectivity index (χ0v) is 10.3. The summed E-state index contributed by atoms with van der Waals surface area (Å²) in [6.07, 6.45) is -1.98. The van der Waals surface area contributed by atoms with Gasteiger partial charge in [-0.05, 0) is 18.1 Å². The van der Waals surface area contributed by atoms with Gasteiger partial charge in [-0.2, -0.15) is 13.2 Å². The Morgan fingerprint density at radius 3 is 2.53 bits per heavy atom. The van der Waals surface area contributed by atoms with E-state index in [2.05, 4.69) is 0 Å². The molecule has 1 rings (SSSR count). The lowest BCUT2D eigenvalue weighted by Gasteiger charge is -2.17. The Morgan fingerprint density at radius 1 is 1.35 bits per heavy atom. The third kappa shape index (κ3) is 3.61. The van der Waals surface area contributed by atoms with Gasteiger partial charge >= 0.3 is 6.18 Å². The highest BCUT2D eigenvalue weighted by atomic mass is 35.5. The van der Waals surface area contributed by atoms with Gasteiger partial charge in [0.1, 0.15) is 0 Å². The summed E-state index contributed by atoms with van der Waals surface area (Å²) in [6.45, 7) is 2.00. The first-order valence-electron chi connectivity index (χ1n) is 5.49. The van der Waals surface area contributed by atoms with Crippen LogP contribution in [0.15, 0.2) is 18.2 Å². The Hall–Kier alpha value is -0.740. The summed E-state index contributed by atoms with van der Waals surface area (Å²) >= 11 is 5.77. The fraction of sp³-hybridized carbons (Fsp3) is 0.500. The van der Waals surface area contributed by atoms with Crippen molar-refractivity contribution < 1.29 is 13.2 Å². The summed E-state index contributed by atoms with van der Waals surface area (Å²) in [4.78, 5) is 0. The first kappa shape index (κ1) is 14.3. The first-order valence-corrected chi connectivity index (χ1v) is 5.87. The molecule has 0 bridgehead atoms. The molecule has 5 heteroatoms. The highest BCUT2D eigenvalue weighted by Gasteiger charge is 2.34. The predicted octanol–water partition coefficient (Wildman–Crippen LogP) is 4.55. The van der Waals surface area contributed by atoms with Gasteiger partial charge in [0.25, 0.3) is 0 Å². The van der Waals surface area contributed by atoms with Gasteiger partial charge < -0.3 is 5.73 Å². The molecule has 0 aromatic heterocycles. The molecular formula is C12H15ClF3N.